The van der Waals surface area contributed by atoms with Crippen molar-refractivity contribution in [3.8, 4) is 5.69 Å². The van der Waals surface area contributed by atoms with Gasteiger partial charge in [0.25, 0.3) is 5.91 Å². The van der Waals surface area contributed by atoms with E-state index < -0.39 is 0 Å². The van der Waals surface area contributed by atoms with Crippen LogP contribution in [-0.2, 0) is 12.3 Å². The van der Waals surface area contributed by atoms with Gasteiger partial charge in [-0.25, -0.2) is 0 Å². The van der Waals surface area contributed by atoms with Gasteiger partial charge < -0.3 is 5.32 Å². The van der Waals surface area contributed by atoms with Crippen molar-refractivity contribution in [2.24, 2.45) is 0 Å². The summed E-state index contributed by atoms with van der Waals surface area (Å²) in [5.41, 5.74) is 3.64. The summed E-state index contributed by atoms with van der Waals surface area (Å²) in [6, 6.07) is 27.1. The van der Waals surface area contributed by atoms with Gasteiger partial charge in [0.05, 0.1) is 17.3 Å². The molecule has 0 aliphatic heterocycles. The van der Waals surface area contributed by atoms with Crippen molar-refractivity contribution in [3.05, 3.63) is 117 Å². The van der Waals surface area contributed by atoms with Crippen LogP contribution in [0.5, 0.6) is 0 Å². The number of rotatable bonds is 7. The number of hydrogen-bond donors (Lipinski definition) is 1. The van der Waals surface area contributed by atoms with Gasteiger partial charge in [0, 0.05) is 16.3 Å². The molecule has 0 aliphatic rings. The first kappa shape index (κ1) is 24.4. The van der Waals surface area contributed by atoms with Gasteiger partial charge in [-0.2, -0.15) is 0 Å². The second-order valence-electron chi connectivity index (χ2n) is 8.32. The number of nitrogens with zero attached hydrogens (tertiary/aromatic N) is 3. The maximum Gasteiger partial charge on any atom is 0.252 e. The van der Waals surface area contributed by atoms with Crippen molar-refractivity contribution >= 4 is 51.6 Å². The molecule has 180 valence electrons. The molecule has 4 aromatic carbocycles. The molecule has 1 aromatic heterocycles. The maximum atomic E-state index is 13.1. The number of benzene rings is 4. The maximum absolute atomic E-state index is 13.1. The lowest BCUT2D eigenvalue weighted by Crippen LogP contribution is -2.25. The third kappa shape index (κ3) is 5.26. The molecule has 0 radical (unpaired) electrons. The van der Waals surface area contributed by atoms with Crippen molar-refractivity contribution < 1.29 is 4.79 Å². The molecule has 1 amide bonds. The summed E-state index contributed by atoms with van der Waals surface area (Å²) in [4.78, 5) is 13.1. The van der Waals surface area contributed by atoms with Crippen LogP contribution in [0.3, 0.4) is 0 Å². The molecule has 0 fully saturated rings. The summed E-state index contributed by atoms with van der Waals surface area (Å²) in [6.45, 7) is 2.24. The van der Waals surface area contributed by atoms with Gasteiger partial charge in [-0.3, -0.25) is 9.36 Å². The van der Waals surface area contributed by atoms with E-state index in [0.29, 0.717) is 38.0 Å². The number of fused-ring (bicyclic) bond motifs is 1. The van der Waals surface area contributed by atoms with Gasteiger partial charge in [-0.1, -0.05) is 101 Å². The minimum atomic E-state index is -0.187. The molecule has 0 saturated carbocycles. The molecule has 0 atom stereocenters. The molecule has 8 heteroatoms. The number of halogens is 2. The monoisotopic (exact) mass is 532 g/mol. The summed E-state index contributed by atoms with van der Waals surface area (Å²) in [7, 11) is 0. The number of nitrogens with one attached hydrogen (secondary N) is 1. The van der Waals surface area contributed by atoms with E-state index in [0.717, 1.165) is 10.8 Å². The first-order valence-electron chi connectivity index (χ1n) is 11.3. The third-order valence-corrected chi connectivity index (χ3v) is 7.30. The Morgan fingerprint density at radius 3 is 2.61 bits per heavy atom. The van der Waals surface area contributed by atoms with Crippen LogP contribution in [-0.4, -0.2) is 20.7 Å². The number of aromatic nitrogens is 3. The Labute approximate surface area is 223 Å². The summed E-state index contributed by atoms with van der Waals surface area (Å²) < 4.78 is 1.86. The summed E-state index contributed by atoms with van der Waals surface area (Å²) >= 11 is 14.4. The SMILES string of the molecule is Cc1cccc(CSc2nnc(CNC(=O)c3cccc4ccccc34)n2-c2cc(Cl)ccc2Cl)c1. The molecular formula is C28H22Cl2N4OS. The number of thioether (sulfide) groups is 1. The highest BCUT2D eigenvalue weighted by atomic mass is 35.5. The summed E-state index contributed by atoms with van der Waals surface area (Å²) in [5, 5.41) is 15.4. The van der Waals surface area contributed by atoms with E-state index in [4.69, 9.17) is 23.2 Å². The normalized spacial score (nSPS) is 11.1. The Balaban J connectivity index is 1.44. The van der Waals surface area contributed by atoms with E-state index in [9.17, 15) is 4.79 Å². The first-order chi connectivity index (χ1) is 17.5. The Morgan fingerprint density at radius 1 is 0.944 bits per heavy atom. The third-order valence-electron chi connectivity index (χ3n) is 5.74. The van der Waals surface area contributed by atoms with Crippen molar-refractivity contribution in [3.63, 3.8) is 0 Å². The van der Waals surface area contributed by atoms with Crippen LogP contribution in [0.2, 0.25) is 10.0 Å². The molecule has 1 N–H and O–H groups in total. The van der Waals surface area contributed by atoms with Crippen molar-refractivity contribution in [2.75, 3.05) is 0 Å². The smallest absolute Gasteiger partial charge is 0.252 e. The fourth-order valence-corrected chi connectivity index (χ4v) is 5.31. The van der Waals surface area contributed by atoms with Crippen LogP contribution in [0.25, 0.3) is 16.5 Å². The van der Waals surface area contributed by atoms with E-state index in [1.807, 2.05) is 53.1 Å². The number of amides is 1. The lowest BCUT2D eigenvalue weighted by molar-refractivity contribution is 0.0951. The minimum absolute atomic E-state index is 0.170. The van der Waals surface area contributed by atoms with Crippen molar-refractivity contribution in [2.45, 2.75) is 24.4 Å². The van der Waals surface area contributed by atoms with E-state index >= 15 is 0 Å². The van der Waals surface area contributed by atoms with E-state index in [1.54, 1.807) is 30.0 Å². The van der Waals surface area contributed by atoms with Gasteiger partial charge >= 0.3 is 0 Å². The lowest BCUT2D eigenvalue weighted by Gasteiger charge is -2.13. The lowest BCUT2D eigenvalue weighted by atomic mass is 10.0. The van der Waals surface area contributed by atoms with E-state index in [2.05, 4.69) is 40.6 Å². The second kappa shape index (κ2) is 10.7. The van der Waals surface area contributed by atoms with E-state index in [1.165, 1.54) is 11.1 Å². The second-order valence-corrected chi connectivity index (χ2v) is 10.1. The van der Waals surface area contributed by atoms with Gasteiger partial charge in [0.1, 0.15) is 0 Å². The van der Waals surface area contributed by atoms with Crippen LogP contribution >= 0.6 is 35.0 Å². The van der Waals surface area contributed by atoms with Gasteiger partial charge in [0.15, 0.2) is 11.0 Å². The standard InChI is InChI=1S/C28H22Cl2N4OS/c1-18-6-4-7-19(14-18)17-36-28-33-32-26(34(28)25-15-21(29)12-13-24(25)30)16-31-27(35)23-11-5-9-20-8-2-3-10-22(20)23/h2-15H,16-17H2,1H3,(H,31,35). The Kier molecular flexibility index (Phi) is 7.28. The van der Waals surface area contributed by atoms with Gasteiger partial charge in [-0.15, -0.1) is 10.2 Å². The highest BCUT2D eigenvalue weighted by Crippen LogP contribution is 2.31. The molecular weight excluding hydrogens is 511 g/mol. The van der Waals surface area contributed by atoms with Crippen LogP contribution in [0.15, 0.2) is 90.1 Å². The number of hydrogen-bond acceptors (Lipinski definition) is 4. The predicted octanol–water partition coefficient (Wildman–Crippen LogP) is 7.26. The minimum Gasteiger partial charge on any atom is -0.345 e. The molecule has 0 saturated heterocycles. The fraction of sp³-hybridized carbons (Fsp3) is 0.107. The molecule has 0 unspecified atom stereocenters. The van der Waals surface area contributed by atoms with Gasteiger partial charge in [-0.05, 0) is 47.5 Å². The predicted molar refractivity (Wildman–Crippen MR) is 147 cm³/mol. The molecule has 1 heterocycles. The molecule has 0 bridgehead atoms. The van der Waals surface area contributed by atoms with Crippen LogP contribution in [0.4, 0.5) is 0 Å². The molecule has 0 aliphatic carbocycles. The van der Waals surface area contributed by atoms with Crippen LogP contribution < -0.4 is 5.32 Å². The number of carbonyl (C=O) groups excluding carboxylic acids is 1. The molecule has 36 heavy (non-hydrogen) atoms. The summed E-state index contributed by atoms with van der Waals surface area (Å²) in [6.07, 6.45) is 0. The largest absolute Gasteiger partial charge is 0.345 e. The van der Waals surface area contributed by atoms with Crippen LogP contribution in [0.1, 0.15) is 27.3 Å². The Hall–Kier alpha value is -3.32. The average Bonchev–Trinajstić information content (AvgIpc) is 3.29. The Morgan fingerprint density at radius 2 is 1.75 bits per heavy atom. The average molecular weight is 533 g/mol. The summed E-state index contributed by atoms with van der Waals surface area (Å²) in [5.74, 6) is 1.08. The quantitative estimate of drug-likeness (QED) is 0.224. The van der Waals surface area contributed by atoms with Gasteiger partial charge in [0.2, 0.25) is 0 Å². The molecule has 5 aromatic rings. The number of carbonyl (C=O) groups is 1. The number of aryl methyl sites for hydroxylation is 1. The Bertz CT molecular complexity index is 1560. The van der Waals surface area contributed by atoms with Crippen molar-refractivity contribution in [1.29, 1.82) is 0 Å². The molecule has 5 nitrogen and oxygen atoms in total. The van der Waals surface area contributed by atoms with Crippen LogP contribution in [0, 0.1) is 6.92 Å². The highest BCUT2D eigenvalue weighted by molar-refractivity contribution is 7.98. The zero-order valence-corrected chi connectivity index (χ0v) is 21.7. The topological polar surface area (TPSA) is 59.8 Å². The van der Waals surface area contributed by atoms with Crippen molar-refractivity contribution in [1.82, 2.24) is 20.1 Å². The fourth-order valence-electron chi connectivity index (χ4n) is 4.04. The first-order valence-corrected chi connectivity index (χ1v) is 13.1. The molecule has 0 spiro atoms. The highest BCUT2D eigenvalue weighted by Gasteiger charge is 2.19. The zero-order valence-electron chi connectivity index (χ0n) is 19.4. The molecule has 5 rings (SSSR count). The van der Waals surface area contributed by atoms with E-state index in [-0.39, 0.29) is 12.5 Å². The zero-order chi connectivity index (χ0) is 25.1.